The number of carbonyl (C=O) groups excluding carboxylic acids is 1. The molecule has 2 rings (SSSR count). The van der Waals surface area contributed by atoms with Crippen LogP contribution in [0.1, 0.15) is 18.4 Å². The minimum atomic E-state index is -4.45. The van der Waals surface area contributed by atoms with E-state index in [0.717, 1.165) is 5.56 Å². The summed E-state index contributed by atoms with van der Waals surface area (Å²) in [7, 11) is 0. The molecule has 0 unspecified atom stereocenters. The molecule has 6 heteroatoms. The maximum atomic E-state index is 11.9. The van der Waals surface area contributed by atoms with Crippen LogP contribution in [-0.4, -0.2) is 18.7 Å². The van der Waals surface area contributed by atoms with Crippen LogP contribution in [-0.2, 0) is 15.0 Å². The molecule has 0 aromatic heterocycles. The molecular formula is C12H12F3NO2. The van der Waals surface area contributed by atoms with Gasteiger partial charge in [0.05, 0.1) is 5.41 Å². The second-order valence-corrected chi connectivity index (χ2v) is 4.28. The molecule has 1 amide bonds. The summed E-state index contributed by atoms with van der Waals surface area (Å²) in [5, 5.41) is 0. The quantitative estimate of drug-likeness (QED) is 0.843. The van der Waals surface area contributed by atoms with Gasteiger partial charge in [-0.3, -0.25) is 9.63 Å². The van der Waals surface area contributed by atoms with Gasteiger partial charge >= 0.3 is 6.18 Å². The molecule has 1 N–H and O–H groups in total. The number of benzene rings is 1. The van der Waals surface area contributed by atoms with E-state index >= 15 is 0 Å². The van der Waals surface area contributed by atoms with E-state index < -0.39 is 24.1 Å². The second kappa shape index (κ2) is 4.61. The molecule has 1 aliphatic carbocycles. The highest BCUT2D eigenvalue weighted by Gasteiger charge is 2.51. The summed E-state index contributed by atoms with van der Waals surface area (Å²) in [5.41, 5.74) is 1.97. The number of halogens is 3. The van der Waals surface area contributed by atoms with E-state index in [1.807, 2.05) is 11.5 Å². The Balaban J connectivity index is 1.94. The fourth-order valence-corrected chi connectivity index (χ4v) is 1.81. The molecule has 1 fully saturated rings. The molecule has 0 bridgehead atoms. The number of carbonyl (C=O) groups is 1. The van der Waals surface area contributed by atoms with E-state index in [1.54, 1.807) is 24.3 Å². The first-order chi connectivity index (χ1) is 8.44. The van der Waals surface area contributed by atoms with Gasteiger partial charge in [-0.15, -0.1) is 0 Å². The smallest absolute Gasteiger partial charge is 0.272 e. The summed E-state index contributed by atoms with van der Waals surface area (Å²) in [4.78, 5) is 16.0. The number of rotatable bonds is 4. The van der Waals surface area contributed by atoms with Gasteiger partial charge in [-0.05, 0) is 18.4 Å². The second-order valence-electron chi connectivity index (χ2n) is 4.28. The van der Waals surface area contributed by atoms with E-state index in [0.29, 0.717) is 12.8 Å². The van der Waals surface area contributed by atoms with Crippen molar-refractivity contribution in [1.82, 2.24) is 5.48 Å². The SMILES string of the molecule is O=C(NOCC(F)(F)F)C1(c2ccccc2)CC1. The van der Waals surface area contributed by atoms with E-state index in [-0.39, 0.29) is 0 Å². The summed E-state index contributed by atoms with van der Waals surface area (Å²) < 4.78 is 35.6. The van der Waals surface area contributed by atoms with Crippen molar-refractivity contribution in [2.45, 2.75) is 24.4 Å². The van der Waals surface area contributed by atoms with Crippen LogP contribution in [0.2, 0.25) is 0 Å². The topological polar surface area (TPSA) is 38.3 Å². The highest BCUT2D eigenvalue weighted by molar-refractivity contribution is 5.90. The molecule has 0 radical (unpaired) electrons. The Labute approximate surface area is 102 Å². The zero-order valence-corrected chi connectivity index (χ0v) is 9.46. The van der Waals surface area contributed by atoms with Crippen LogP contribution in [0.15, 0.2) is 30.3 Å². The van der Waals surface area contributed by atoms with Gasteiger partial charge in [0.15, 0.2) is 6.61 Å². The van der Waals surface area contributed by atoms with E-state index in [9.17, 15) is 18.0 Å². The summed E-state index contributed by atoms with van der Waals surface area (Å²) in [5.74, 6) is -0.516. The van der Waals surface area contributed by atoms with Gasteiger partial charge < -0.3 is 0 Å². The Morgan fingerprint density at radius 3 is 2.39 bits per heavy atom. The number of hydrogen-bond donors (Lipinski definition) is 1. The summed E-state index contributed by atoms with van der Waals surface area (Å²) >= 11 is 0. The monoisotopic (exact) mass is 259 g/mol. The van der Waals surface area contributed by atoms with Crippen LogP contribution < -0.4 is 5.48 Å². The van der Waals surface area contributed by atoms with Gasteiger partial charge in [0, 0.05) is 0 Å². The minimum absolute atomic E-state index is 0.516. The first-order valence-electron chi connectivity index (χ1n) is 5.49. The van der Waals surface area contributed by atoms with Crippen molar-refractivity contribution in [3.63, 3.8) is 0 Å². The molecule has 1 aromatic rings. The highest BCUT2D eigenvalue weighted by Crippen LogP contribution is 2.48. The molecule has 0 saturated heterocycles. The maximum absolute atomic E-state index is 11.9. The first-order valence-corrected chi connectivity index (χ1v) is 5.49. The van der Waals surface area contributed by atoms with Crippen LogP contribution in [0.5, 0.6) is 0 Å². The molecule has 1 aliphatic rings. The van der Waals surface area contributed by atoms with E-state index in [4.69, 9.17) is 0 Å². The number of amides is 1. The molecule has 0 spiro atoms. The lowest BCUT2D eigenvalue weighted by atomic mass is 9.95. The third kappa shape index (κ3) is 2.81. The Morgan fingerprint density at radius 2 is 1.89 bits per heavy atom. The number of hydrogen-bond acceptors (Lipinski definition) is 2. The molecule has 3 nitrogen and oxygen atoms in total. The first kappa shape index (κ1) is 12.9. The Hall–Kier alpha value is -1.56. The molecule has 1 saturated carbocycles. The number of alkyl halides is 3. The predicted octanol–water partition coefficient (Wildman–Crippen LogP) is 2.33. The average molecular weight is 259 g/mol. The van der Waals surface area contributed by atoms with Crippen molar-refractivity contribution in [2.75, 3.05) is 6.61 Å². The normalized spacial score (nSPS) is 17.3. The summed E-state index contributed by atoms with van der Waals surface area (Å²) in [6.07, 6.45) is -3.20. The van der Waals surface area contributed by atoms with Crippen LogP contribution in [0.4, 0.5) is 13.2 Å². The average Bonchev–Trinajstić information content (AvgIpc) is 3.09. The molecule has 1 aromatic carbocycles. The van der Waals surface area contributed by atoms with Crippen molar-refractivity contribution < 1.29 is 22.8 Å². The summed E-state index contributed by atoms with van der Waals surface area (Å²) in [6, 6.07) is 8.98. The fourth-order valence-electron chi connectivity index (χ4n) is 1.81. The molecule has 0 atom stereocenters. The lowest BCUT2D eigenvalue weighted by Gasteiger charge is -2.15. The van der Waals surface area contributed by atoms with Crippen LogP contribution in [0.25, 0.3) is 0 Å². The van der Waals surface area contributed by atoms with Gasteiger partial charge in [0.2, 0.25) is 0 Å². The third-order valence-electron chi connectivity index (χ3n) is 2.91. The van der Waals surface area contributed by atoms with Crippen molar-refractivity contribution in [3.8, 4) is 0 Å². The third-order valence-corrected chi connectivity index (χ3v) is 2.91. The van der Waals surface area contributed by atoms with Crippen LogP contribution in [0, 0.1) is 0 Å². The maximum Gasteiger partial charge on any atom is 0.414 e. The molecular weight excluding hydrogens is 247 g/mol. The molecule has 0 aliphatic heterocycles. The van der Waals surface area contributed by atoms with E-state index in [2.05, 4.69) is 4.84 Å². The van der Waals surface area contributed by atoms with Gasteiger partial charge in [0.1, 0.15) is 0 Å². The van der Waals surface area contributed by atoms with Gasteiger partial charge in [0.25, 0.3) is 5.91 Å². The minimum Gasteiger partial charge on any atom is -0.272 e. The molecule has 18 heavy (non-hydrogen) atoms. The fraction of sp³-hybridized carbons (Fsp3) is 0.417. The Kier molecular flexibility index (Phi) is 3.30. The van der Waals surface area contributed by atoms with Crippen molar-refractivity contribution >= 4 is 5.91 Å². The van der Waals surface area contributed by atoms with Crippen molar-refractivity contribution in [2.24, 2.45) is 0 Å². The number of nitrogens with one attached hydrogen (secondary N) is 1. The van der Waals surface area contributed by atoms with Gasteiger partial charge in [-0.25, -0.2) is 5.48 Å². The zero-order valence-electron chi connectivity index (χ0n) is 9.46. The lowest BCUT2D eigenvalue weighted by Crippen LogP contribution is -2.37. The van der Waals surface area contributed by atoms with Crippen LogP contribution >= 0.6 is 0 Å². The Morgan fingerprint density at radius 1 is 1.28 bits per heavy atom. The zero-order chi connectivity index (χ0) is 13.2. The Bertz CT molecular complexity index is 427. The van der Waals surface area contributed by atoms with Crippen molar-refractivity contribution in [1.29, 1.82) is 0 Å². The lowest BCUT2D eigenvalue weighted by molar-refractivity contribution is -0.192. The highest BCUT2D eigenvalue weighted by atomic mass is 19.4. The standard InChI is InChI=1S/C12H12F3NO2/c13-12(14,15)8-18-16-10(17)11(6-7-11)9-4-2-1-3-5-9/h1-5H,6-8H2,(H,16,17). The van der Waals surface area contributed by atoms with Crippen molar-refractivity contribution in [3.05, 3.63) is 35.9 Å². The summed E-state index contributed by atoms with van der Waals surface area (Å²) in [6.45, 7) is -1.48. The largest absolute Gasteiger partial charge is 0.414 e. The number of hydroxylamine groups is 1. The predicted molar refractivity (Wildman–Crippen MR) is 57.5 cm³/mol. The van der Waals surface area contributed by atoms with Gasteiger partial charge in [-0.1, -0.05) is 30.3 Å². The van der Waals surface area contributed by atoms with Crippen LogP contribution in [0.3, 0.4) is 0 Å². The van der Waals surface area contributed by atoms with E-state index in [1.165, 1.54) is 0 Å². The molecule has 98 valence electrons. The van der Waals surface area contributed by atoms with Gasteiger partial charge in [-0.2, -0.15) is 13.2 Å². The molecule has 0 heterocycles.